The predicted octanol–water partition coefficient (Wildman–Crippen LogP) is 0.730. The van der Waals surface area contributed by atoms with Gasteiger partial charge in [-0.05, 0) is 6.92 Å². The molecule has 1 heterocycles. The van der Waals surface area contributed by atoms with Crippen LogP contribution in [-0.4, -0.2) is 48.9 Å². The van der Waals surface area contributed by atoms with E-state index in [-0.39, 0.29) is 5.97 Å². The third-order valence-electron chi connectivity index (χ3n) is 2.63. The fourth-order valence-corrected chi connectivity index (χ4v) is 2.63. The molecule has 7 heteroatoms. The highest BCUT2D eigenvalue weighted by atomic mass is 32.2. The lowest BCUT2D eigenvalue weighted by Crippen LogP contribution is -2.19. The van der Waals surface area contributed by atoms with Crippen LogP contribution in [0.5, 0.6) is 0 Å². The Morgan fingerprint density at radius 1 is 1.47 bits per heavy atom. The van der Waals surface area contributed by atoms with Gasteiger partial charge >= 0.3 is 5.97 Å². The molecule has 0 atom stereocenters. The first-order valence-electron chi connectivity index (χ1n) is 6.01. The van der Waals surface area contributed by atoms with Crippen LogP contribution in [0.3, 0.4) is 0 Å². The number of hydrogen-bond donors (Lipinski definition) is 1. The molecule has 0 radical (unpaired) electrons. The van der Waals surface area contributed by atoms with Crippen LogP contribution in [0.15, 0.2) is 5.03 Å². The average Bonchev–Trinajstić information content (AvgIpc) is 2.66. The minimum absolute atomic E-state index is 0.234. The molecule has 108 valence electrons. The number of carbonyl (C=O) groups is 1. The molecule has 0 aliphatic carbocycles. The number of esters is 1. The van der Waals surface area contributed by atoms with E-state index in [1.165, 1.54) is 18.9 Å². The molecule has 0 amide bonds. The van der Waals surface area contributed by atoms with Crippen LogP contribution < -0.4 is 5.32 Å². The summed E-state index contributed by atoms with van der Waals surface area (Å²) < 4.78 is 11.4. The minimum atomic E-state index is -0.234. The van der Waals surface area contributed by atoms with Gasteiger partial charge in [0.15, 0.2) is 0 Å². The Hall–Kier alpha value is -1.05. The van der Waals surface area contributed by atoms with E-state index in [2.05, 4.69) is 15.2 Å². The van der Waals surface area contributed by atoms with Crippen molar-refractivity contribution in [3.63, 3.8) is 0 Å². The van der Waals surface area contributed by atoms with Crippen molar-refractivity contribution in [1.82, 2.24) is 15.1 Å². The number of ether oxygens (including phenoxy) is 2. The highest BCUT2D eigenvalue weighted by Crippen LogP contribution is 2.24. The summed E-state index contributed by atoms with van der Waals surface area (Å²) in [6, 6.07) is 0. The molecule has 0 fully saturated rings. The van der Waals surface area contributed by atoms with E-state index in [1.807, 2.05) is 14.0 Å². The fraction of sp³-hybridized carbons (Fsp3) is 0.667. The first-order valence-corrected chi connectivity index (χ1v) is 7.00. The van der Waals surface area contributed by atoms with Gasteiger partial charge < -0.3 is 14.8 Å². The van der Waals surface area contributed by atoms with Crippen molar-refractivity contribution in [2.45, 2.75) is 18.5 Å². The molecule has 6 nitrogen and oxygen atoms in total. The molecule has 19 heavy (non-hydrogen) atoms. The van der Waals surface area contributed by atoms with E-state index in [4.69, 9.17) is 4.74 Å². The minimum Gasteiger partial charge on any atom is -0.468 e. The van der Waals surface area contributed by atoms with Crippen molar-refractivity contribution < 1.29 is 14.3 Å². The van der Waals surface area contributed by atoms with Crippen LogP contribution in [0.1, 0.15) is 11.3 Å². The van der Waals surface area contributed by atoms with E-state index in [9.17, 15) is 4.79 Å². The molecule has 1 aromatic heterocycles. The monoisotopic (exact) mass is 287 g/mol. The number of methoxy groups -OCH3 is 2. The lowest BCUT2D eigenvalue weighted by Gasteiger charge is -2.07. The van der Waals surface area contributed by atoms with Crippen LogP contribution in [0, 0.1) is 6.92 Å². The molecular formula is C12H21N3O3S. The maximum atomic E-state index is 11.2. The van der Waals surface area contributed by atoms with Crippen molar-refractivity contribution in [2.24, 2.45) is 7.05 Å². The van der Waals surface area contributed by atoms with Gasteiger partial charge in [-0.15, -0.1) is 0 Å². The Labute approximate surface area is 117 Å². The van der Waals surface area contributed by atoms with Gasteiger partial charge in [-0.2, -0.15) is 5.10 Å². The maximum absolute atomic E-state index is 11.2. The topological polar surface area (TPSA) is 65.4 Å². The van der Waals surface area contributed by atoms with Crippen molar-refractivity contribution in [3.05, 3.63) is 11.3 Å². The van der Waals surface area contributed by atoms with Gasteiger partial charge in [-0.25, -0.2) is 0 Å². The van der Waals surface area contributed by atoms with Crippen molar-refractivity contribution in [3.8, 4) is 0 Å². The second-order valence-electron chi connectivity index (χ2n) is 4.03. The second kappa shape index (κ2) is 8.19. The molecule has 0 saturated heterocycles. The van der Waals surface area contributed by atoms with E-state index in [1.54, 1.807) is 11.8 Å². The quantitative estimate of drug-likeness (QED) is 0.432. The summed E-state index contributed by atoms with van der Waals surface area (Å²) in [6.45, 7) is 4.14. The van der Waals surface area contributed by atoms with Crippen molar-refractivity contribution in [2.75, 3.05) is 33.1 Å². The number of nitrogens with zero attached hydrogens (tertiary/aromatic N) is 2. The molecule has 0 unspecified atom stereocenters. The molecule has 0 aliphatic heterocycles. The molecule has 0 bridgehead atoms. The summed E-state index contributed by atoms with van der Waals surface area (Å²) >= 11 is 1.45. The van der Waals surface area contributed by atoms with E-state index in [0.717, 1.165) is 22.8 Å². The van der Waals surface area contributed by atoms with Crippen LogP contribution >= 0.6 is 11.8 Å². The fourth-order valence-electron chi connectivity index (χ4n) is 1.64. The Morgan fingerprint density at radius 2 is 2.21 bits per heavy atom. The SMILES string of the molecule is COCCNCc1c(C)nn(C)c1SCC(=O)OC. The normalized spacial score (nSPS) is 10.7. The van der Waals surface area contributed by atoms with Gasteiger partial charge in [0.05, 0.1) is 30.2 Å². The second-order valence-corrected chi connectivity index (χ2v) is 4.99. The van der Waals surface area contributed by atoms with Gasteiger partial charge in [0, 0.05) is 32.8 Å². The smallest absolute Gasteiger partial charge is 0.316 e. The Bertz CT molecular complexity index is 421. The Morgan fingerprint density at radius 3 is 2.84 bits per heavy atom. The van der Waals surface area contributed by atoms with Crippen LogP contribution in [0.2, 0.25) is 0 Å². The van der Waals surface area contributed by atoms with Gasteiger partial charge in [0.25, 0.3) is 0 Å². The van der Waals surface area contributed by atoms with Crippen LogP contribution in [0.25, 0.3) is 0 Å². The maximum Gasteiger partial charge on any atom is 0.316 e. The number of aromatic nitrogens is 2. The zero-order valence-corrected chi connectivity index (χ0v) is 12.7. The van der Waals surface area contributed by atoms with Gasteiger partial charge in [-0.1, -0.05) is 11.8 Å². The molecule has 0 spiro atoms. The van der Waals surface area contributed by atoms with Gasteiger partial charge in [0.1, 0.15) is 0 Å². The summed E-state index contributed by atoms with van der Waals surface area (Å²) in [4.78, 5) is 11.2. The highest BCUT2D eigenvalue weighted by molar-refractivity contribution is 7.99. The van der Waals surface area contributed by atoms with Crippen LogP contribution in [0.4, 0.5) is 0 Å². The largest absolute Gasteiger partial charge is 0.468 e. The Kier molecular flexibility index (Phi) is 6.90. The van der Waals surface area contributed by atoms with E-state index < -0.39 is 0 Å². The predicted molar refractivity (Wildman–Crippen MR) is 74.3 cm³/mol. The first kappa shape index (κ1) is 16.0. The number of nitrogens with one attached hydrogen (secondary N) is 1. The summed E-state index contributed by atoms with van der Waals surface area (Å²) in [6.07, 6.45) is 0. The summed E-state index contributed by atoms with van der Waals surface area (Å²) in [7, 11) is 4.95. The average molecular weight is 287 g/mol. The summed E-state index contributed by atoms with van der Waals surface area (Å²) in [5, 5.41) is 8.67. The number of carbonyl (C=O) groups excluding carboxylic acids is 1. The van der Waals surface area contributed by atoms with Crippen molar-refractivity contribution >= 4 is 17.7 Å². The number of thioether (sulfide) groups is 1. The third kappa shape index (κ3) is 4.85. The lowest BCUT2D eigenvalue weighted by molar-refractivity contribution is -0.137. The number of aryl methyl sites for hydroxylation is 2. The first-order chi connectivity index (χ1) is 9.10. The third-order valence-corrected chi connectivity index (χ3v) is 3.79. The van der Waals surface area contributed by atoms with Gasteiger partial charge in [0.2, 0.25) is 0 Å². The molecule has 0 saturated carbocycles. The molecule has 1 aromatic rings. The highest BCUT2D eigenvalue weighted by Gasteiger charge is 2.15. The Balaban J connectivity index is 2.65. The van der Waals surface area contributed by atoms with Gasteiger partial charge in [-0.3, -0.25) is 9.48 Å². The molecule has 0 aromatic carbocycles. The number of rotatable bonds is 8. The zero-order valence-electron chi connectivity index (χ0n) is 11.9. The van der Waals surface area contributed by atoms with E-state index >= 15 is 0 Å². The standard InChI is InChI=1S/C12H21N3O3S/c1-9-10(7-13-5-6-17-3)12(15(2)14-9)19-8-11(16)18-4/h13H,5-8H2,1-4H3. The van der Waals surface area contributed by atoms with E-state index in [0.29, 0.717) is 18.9 Å². The molecule has 1 rings (SSSR count). The molecular weight excluding hydrogens is 266 g/mol. The molecule has 0 aliphatic rings. The molecule has 1 N–H and O–H groups in total. The number of hydrogen-bond acceptors (Lipinski definition) is 6. The lowest BCUT2D eigenvalue weighted by atomic mass is 10.2. The summed E-state index contributed by atoms with van der Waals surface area (Å²) in [5.74, 6) is 0.0581. The summed E-state index contributed by atoms with van der Waals surface area (Å²) in [5.41, 5.74) is 2.09. The zero-order chi connectivity index (χ0) is 14.3. The van der Waals surface area contributed by atoms with Crippen LogP contribution in [-0.2, 0) is 27.9 Å². The van der Waals surface area contributed by atoms with Crippen molar-refractivity contribution in [1.29, 1.82) is 0 Å².